The molecule has 0 amide bonds. The highest BCUT2D eigenvalue weighted by Gasteiger charge is 1.98. The normalized spacial score (nSPS) is 11.4. The minimum Gasteiger partial charge on any atom is -0.207 e. The van der Waals surface area contributed by atoms with Crippen LogP contribution in [-0.4, -0.2) is 0 Å². The molecule has 1 unspecified atom stereocenters. The highest BCUT2D eigenvalue weighted by Crippen LogP contribution is 2.16. The monoisotopic (exact) mass is 258 g/mol. The average molecular weight is 258 g/mol. The lowest BCUT2D eigenvalue weighted by molar-refractivity contribution is 0.627. The van der Waals surface area contributed by atoms with Crippen molar-refractivity contribution < 1.29 is 4.39 Å². The van der Waals surface area contributed by atoms with E-state index in [9.17, 15) is 4.39 Å². The molecule has 0 aliphatic carbocycles. The van der Waals surface area contributed by atoms with Crippen LogP contribution in [0.15, 0.2) is 54.6 Å². The summed E-state index contributed by atoms with van der Waals surface area (Å²) in [6.45, 7) is 6.53. The van der Waals surface area contributed by atoms with Crippen molar-refractivity contribution in [1.29, 1.82) is 0 Å². The van der Waals surface area contributed by atoms with Gasteiger partial charge in [-0.25, -0.2) is 4.39 Å². The predicted molar refractivity (Wildman–Crippen MR) is 80.9 cm³/mol. The second kappa shape index (κ2) is 8.47. The summed E-state index contributed by atoms with van der Waals surface area (Å²) in [5, 5.41) is 0. The Morgan fingerprint density at radius 1 is 0.895 bits per heavy atom. The van der Waals surface area contributed by atoms with Crippen molar-refractivity contribution >= 4 is 0 Å². The summed E-state index contributed by atoms with van der Waals surface area (Å²) in [7, 11) is 0. The zero-order valence-corrected chi connectivity index (χ0v) is 12.1. The minimum atomic E-state index is -0.160. The van der Waals surface area contributed by atoms with Gasteiger partial charge in [-0.15, -0.1) is 0 Å². The van der Waals surface area contributed by atoms with Crippen LogP contribution in [0.3, 0.4) is 0 Å². The number of hydrogen-bond acceptors (Lipinski definition) is 0. The molecule has 2 aromatic carbocycles. The molecule has 19 heavy (non-hydrogen) atoms. The maximum atomic E-state index is 12.2. The highest BCUT2D eigenvalue weighted by atomic mass is 19.1. The number of benzene rings is 2. The summed E-state index contributed by atoms with van der Waals surface area (Å²) in [6.07, 6.45) is 2.20. The van der Waals surface area contributed by atoms with Gasteiger partial charge in [0.2, 0.25) is 0 Å². The number of rotatable bonds is 3. The summed E-state index contributed by atoms with van der Waals surface area (Å²) in [6, 6.07) is 17.2. The molecular formula is C18H23F. The molecule has 2 rings (SSSR count). The standard InChI is InChI=1S/C10H14.C8H9F/c1-3-9(2)10-7-5-4-6-8-10;1-2-7-3-5-8(9)6-4-7/h4-9H,3H2,1-2H3;3-6H,2H2,1H3. The Balaban J connectivity index is 0.000000191. The Bertz CT molecular complexity index is 445. The molecule has 0 heterocycles. The second-order valence-corrected chi connectivity index (χ2v) is 4.70. The molecule has 0 nitrogen and oxygen atoms in total. The van der Waals surface area contributed by atoms with Crippen molar-refractivity contribution in [2.75, 3.05) is 0 Å². The van der Waals surface area contributed by atoms with Gasteiger partial charge < -0.3 is 0 Å². The Hall–Kier alpha value is -1.63. The molecule has 0 N–H and O–H groups in total. The molecule has 0 aliphatic heterocycles. The van der Waals surface area contributed by atoms with Gasteiger partial charge >= 0.3 is 0 Å². The van der Waals surface area contributed by atoms with Gasteiger partial charge in [0.1, 0.15) is 5.82 Å². The topological polar surface area (TPSA) is 0 Å². The zero-order chi connectivity index (χ0) is 14.1. The Morgan fingerprint density at radius 3 is 1.95 bits per heavy atom. The van der Waals surface area contributed by atoms with Gasteiger partial charge in [-0.2, -0.15) is 0 Å². The summed E-state index contributed by atoms with van der Waals surface area (Å²) in [5.41, 5.74) is 2.63. The highest BCUT2D eigenvalue weighted by molar-refractivity contribution is 5.18. The van der Waals surface area contributed by atoms with E-state index in [2.05, 4.69) is 44.2 Å². The summed E-state index contributed by atoms with van der Waals surface area (Å²) in [4.78, 5) is 0. The lowest BCUT2D eigenvalue weighted by atomic mass is 9.99. The maximum absolute atomic E-state index is 12.2. The molecule has 0 fully saturated rings. The van der Waals surface area contributed by atoms with Gasteiger partial charge in [0, 0.05) is 0 Å². The van der Waals surface area contributed by atoms with E-state index in [1.54, 1.807) is 12.1 Å². The quantitative estimate of drug-likeness (QED) is 0.673. The van der Waals surface area contributed by atoms with Gasteiger partial charge in [0.15, 0.2) is 0 Å². The Labute approximate surface area is 116 Å². The van der Waals surface area contributed by atoms with E-state index in [-0.39, 0.29) is 5.82 Å². The first-order chi connectivity index (χ1) is 9.17. The van der Waals surface area contributed by atoms with E-state index in [1.165, 1.54) is 29.7 Å². The van der Waals surface area contributed by atoms with Crippen molar-refractivity contribution in [3.8, 4) is 0 Å². The molecule has 0 aromatic heterocycles. The molecule has 0 bridgehead atoms. The van der Waals surface area contributed by atoms with Crippen LogP contribution in [0.5, 0.6) is 0 Å². The molecule has 1 heteroatoms. The SMILES string of the molecule is CCC(C)c1ccccc1.CCc1ccc(F)cc1. The van der Waals surface area contributed by atoms with Gasteiger partial charge in [-0.3, -0.25) is 0 Å². The summed E-state index contributed by atoms with van der Waals surface area (Å²) < 4.78 is 12.2. The minimum absolute atomic E-state index is 0.160. The van der Waals surface area contributed by atoms with Crippen molar-refractivity contribution in [3.63, 3.8) is 0 Å². The molecule has 102 valence electrons. The van der Waals surface area contributed by atoms with E-state index in [0.717, 1.165) is 6.42 Å². The molecule has 0 spiro atoms. The lowest BCUT2D eigenvalue weighted by Gasteiger charge is -2.06. The van der Waals surface area contributed by atoms with E-state index in [4.69, 9.17) is 0 Å². The fourth-order valence-corrected chi connectivity index (χ4v) is 1.74. The van der Waals surface area contributed by atoms with Crippen LogP contribution in [0.2, 0.25) is 0 Å². The number of halogens is 1. The van der Waals surface area contributed by atoms with Crippen LogP contribution in [-0.2, 0) is 6.42 Å². The maximum Gasteiger partial charge on any atom is 0.123 e. The molecule has 2 aromatic rings. The van der Waals surface area contributed by atoms with Crippen LogP contribution in [0, 0.1) is 5.82 Å². The van der Waals surface area contributed by atoms with Crippen LogP contribution < -0.4 is 0 Å². The van der Waals surface area contributed by atoms with Crippen molar-refractivity contribution in [3.05, 3.63) is 71.5 Å². The first kappa shape index (κ1) is 15.4. The summed E-state index contributed by atoms with van der Waals surface area (Å²) in [5.74, 6) is 0.549. The average Bonchev–Trinajstić information content (AvgIpc) is 2.49. The van der Waals surface area contributed by atoms with E-state index in [1.807, 2.05) is 6.92 Å². The van der Waals surface area contributed by atoms with Crippen LogP contribution in [0.4, 0.5) is 4.39 Å². The lowest BCUT2D eigenvalue weighted by Crippen LogP contribution is -1.88. The predicted octanol–water partition coefficient (Wildman–Crippen LogP) is 5.59. The molecule has 0 saturated heterocycles. The fourth-order valence-electron chi connectivity index (χ4n) is 1.74. The first-order valence-electron chi connectivity index (χ1n) is 6.96. The molecule has 1 atom stereocenters. The third-order valence-electron chi connectivity index (χ3n) is 3.30. The van der Waals surface area contributed by atoms with E-state index < -0.39 is 0 Å². The smallest absolute Gasteiger partial charge is 0.123 e. The second-order valence-electron chi connectivity index (χ2n) is 4.70. The van der Waals surface area contributed by atoms with Gasteiger partial charge in [-0.05, 0) is 42.0 Å². The first-order valence-corrected chi connectivity index (χ1v) is 6.96. The van der Waals surface area contributed by atoms with Gasteiger partial charge in [-0.1, -0.05) is 63.2 Å². The Morgan fingerprint density at radius 2 is 1.47 bits per heavy atom. The van der Waals surface area contributed by atoms with Gasteiger partial charge in [0.25, 0.3) is 0 Å². The summed E-state index contributed by atoms with van der Waals surface area (Å²) >= 11 is 0. The van der Waals surface area contributed by atoms with Gasteiger partial charge in [0.05, 0.1) is 0 Å². The van der Waals surface area contributed by atoms with Crippen molar-refractivity contribution in [2.45, 2.75) is 39.5 Å². The largest absolute Gasteiger partial charge is 0.207 e. The van der Waals surface area contributed by atoms with Crippen molar-refractivity contribution in [2.24, 2.45) is 0 Å². The molecule has 0 saturated carbocycles. The molecule has 0 radical (unpaired) electrons. The number of aryl methyl sites for hydroxylation is 1. The number of hydrogen-bond donors (Lipinski definition) is 0. The van der Waals surface area contributed by atoms with E-state index in [0.29, 0.717) is 5.92 Å². The molecule has 0 aliphatic rings. The van der Waals surface area contributed by atoms with Crippen molar-refractivity contribution in [1.82, 2.24) is 0 Å². The van der Waals surface area contributed by atoms with Crippen LogP contribution >= 0.6 is 0 Å². The van der Waals surface area contributed by atoms with Crippen LogP contribution in [0.25, 0.3) is 0 Å². The zero-order valence-electron chi connectivity index (χ0n) is 12.1. The Kier molecular flexibility index (Phi) is 6.88. The molecular weight excluding hydrogens is 235 g/mol. The third kappa shape index (κ3) is 5.69. The van der Waals surface area contributed by atoms with Crippen LogP contribution in [0.1, 0.15) is 44.2 Å². The van der Waals surface area contributed by atoms with E-state index >= 15 is 0 Å². The fraction of sp³-hybridized carbons (Fsp3) is 0.333. The third-order valence-corrected chi connectivity index (χ3v) is 3.30.